The Kier molecular flexibility index (Phi) is 5.39. The van der Waals surface area contributed by atoms with Crippen molar-refractivity contribution in [3.8, 4) is 0 Å². The standard InChI is InChI=1S/C19H19FN2OS2/c1-12-9-16-17(10-13(12)2)25-19(22(16)7-8-24-3)21-18(23)14-5-4-6-15(20)11-14/h4-6,9-11H,7-8H2,1-3H3. The van der Waals surface area contributed by atoms with Gasteiger partial charge in [-0.05, 0) is 61.6 Å². The van der Waals surface area contributed by atoms with E-state index in [2.05, 4.69) is 41.8 Å². The summed E-state index contributed by atoms with van der Waals surface area (Å²) in [5.74, 6) is 0.0800. The van der Waals surface area contributed by atoms with Gasteiger partial charge in [0.05, 0.1) is 10.2 Å². The summed E-state index contributed by atoms with van der Waals surface area (Å²) in [6.07, 6.45) is 2.05. The van der Waals surface area contributed by atoms with Crippen molar-refractivity contribution < 1.29 is 9.18 Å². The van der Waals surface area contributed by atoms with Crippen LogP contribution in [0.25, 0.3) is 10.2 Å². The molecule has 1 aromatic heterocycles. The molecule has 25 heavy (non-hydrogen) atoms. The maximum Gasteiger partial charge on any atom is 0.279 e. The van der Waals surface area contributed by atoms with Crippen LogP contribution in [0.1, 0.15) is 21.5 Å². The lowest BCUT2D eigenvalue weighted by atomic mass is 10.1. The highest BCUT2D eigenvalue weighted by molar-refractivity contribution is 7.98. The van der Waals surface area contributed by atoms with Crippen molar-refractivity contribution in [1.82, 2.24) is 4.57 Å². The minimum Gasteiger partial charge on any atom is -0.315 e. The average Bonchev–Trinajstić information content (AvgIpc) is 2.89. The Balaban J connectivity index is 2.15. The highest BCUT2D eigenvalue weighted by Gasteiger charge is 2.11. The van der Waals surface area contributed by atoms with Gasteiger partial charge in [-0.1, -0.05) is 17.4 Å². The number of aryl methyl sites for hydroxylation is 3. The van der Waals surface area contributed by atoms with Crippen molar-refractivity contribution in [2.75, 3.05) is 12.0 Å². The van der Waals surface area contributed by atoms with Gasteiger partial charge in [-0.15, -0.1) is 0 Å². The largest absolute Gasteiger partial charge is 0.315 e. The van der Waals surface area contributed by atoms with E-state index in [-0.39, 0.29) is 5.56 Å². The van der Waals surface area contributed by atoms with Crippen LogP contribution in [0.5, 0.6) is 0 Å². The molecule has 3 aromatic rings. The lowest BCUT2D eigenvalue weighted by Gasteiger charge is -2.06. The molecule has 0 radical (unpaired) electrons. The van der Waals surface area contributed by atoms with Crippen LogP contribution in [0, 0.1) is 19.7 Å². The van der Waals surface area contributed by atoms with Gasteiger partial charge in [0, 0.05) is 17.9 Å². The quantitative estimate of drug-likeness (QED) is 0.671. The zero-order chi connectivity index (χ0) is 18.0. The first-order valence-corrected chi connectivity index (χ1v) is 10.1. The average molecular weight is 375 g/mol. The van der Waals surface area contributed by atoms with E-state index in [4.69, 9.17) is 0 Å². The van der Waals surface area contributed by atoms with Gasteiger partial charge in [-0.25, -0.2) is 4.39 Å². The van der Waals surface area contributed by atoms with E-state index in [1.807, 2.05) is 0 Å². The molecule has 1 amide bonds. The van der Waals surface area contributed by atoms with Gasteiger partial charge in [0.15, 0.2) is 4.80 Å². The second-order valence-electron chi connectivity index (χ2n) is 5.86. The molecule has 0 spiro atoms. The predicted octanol–water partition coefficient (Wildman–Crippen LogP) is 4.56. The molecule has 2 aromatic carbocycles. The van der Waals surface area contributed by atoms with Gasteiger partial charge in [0.1, 0.15) is 5.82 Å². The zero-order valence-corrected chi connectivity index (χ0v) is 16.0. The Hall–Kier alpha value is -1.92. The Morgan fingerprint density at radius 1 is 1.24 bits per heavy atom. The van der Waals surface area contributed by atoms with Crippen molar-refractivity contribution in [3.05, 3.63) is 63.7 Å². The molecule has 0 aliphatic heterocycles. The molecule has 3 rings (SSSR count). The molecule has 0 saturated carbocycles. The number of aromatic nitrogens is 1. The third-order valence-corrected chi connectivity index (χ3v) is 5.72. The molecule has 1 heterocycles. The first kappa shape index (κ1) is 17.9. The minimum absolute atomic E-state index is 0.265. The fourth-order valence-corrected chi connectivity index (χ4v) is 4.08. The van der Waals surface area contributed by atoms with Gasteiger partial charge >= 0.3 is 0 Å². The number of thioether (sulfide) groups is 1. The summed E-state index contributed by atoms with van der Waals surface area (Å²) in [5, 5.41) is 0. The molecule has 0 saturated heterocycles. The molecule has 0 atom stereocenters. The van der Waals surface area contributed by atoms with Gasteiger partial charge in [0.25, 0.3) is 5.91 Å². The number of benzene rings is 2. The van der Waals surface area contributed by atoms with Crippen LogP contribution < -0.4 is 4.80 Å². The summed E-state index contributed by atoms with van der Waals surface area (Å²) < 4.78 is 16.6. The maximum absolute atomic E-state index is 13.4. The van der Waals surface area contributed by atoms with Crippen LogP contribution in [-0.4, -0.2) is 22.5 Å². The van der Waals surface area contributed by atoms with Crippen LogP contribution in [-0.2, 0) is 6.54 Å². The minimum atomic E-state index is -0.432. The molecule has 0 unspecified atom stereocenters. The topological polar surface area (TPSA) is 34.4 Å². The Morgan fingerprint density at radius 2 is 2.00 bits per heavy atom. The van der Waals surface area contributed by atoms with Crippen molar-refractivity contribution in [1.29, 1.82) is 0 Å². The van der Waals surface area contributed by atoms with Crippen molar-refractivity contribution in [2.45, 2.75) is 20.4 Å². The van der Waals surface area contributed by atoms with Crippen molar-refractivity contribution >= 4 is 39.2 Å². The molecule has 0 aliphatic carbocycles. The summed E-state index contributed by atoms with van der Waals surface area (Å²) >= 11 is 3.25. The van der Waals surface area contributed by atoms with Gasteiger partial charge in [-0.2, -0.15) is 16.8 Å². The van der Waals surface area contributed by atoms with E-state index in [1.165, 1.54) is 40.7 Å². The lowest BCUT2D eigenvalue weighted by molar-refractivity contribution is 0.0997. The second-order valence-corrected chi connectivity index (χ2v) is 7.86. The van der Waals surface area contributed by atoms with Crippen LogP contribution in [0.4, 0.5) is 4.39 Å². The lowest BCUT2D eigenvalue weighted by Crippen LogP contribution is -2.18. The number of carbonyl (C=O) groups is 1. The molecule has 0 N–H and O–H groups in total. The predicted molar refractivity (Wildman–Crippen MR) is 104 cm³/mol. The Labute approximate surface area is 154 Å². The zero-order valence-electron chi connectivity index (χ0n) is 14.4. The molecular formula is C19H19FN2OS2. The molecule has 6 heteroatoms. The monoisotopic (exact) mass is 374 g/mol. The van der Waals surface area contributed by atoms with Gasteiger partial charge in [-0.3, -0.25) is 4.79 Å². The Morgan fingerprint density at radius 3 is 2.72 bits per heavy atom. The highest BCUT2D eigenvalue weighted by atomic mass is 32.2. The van der Waals surface area contributed by atoms with Crippen LogP contribution in [0.2, 0.25) is 0 Å². The summed E-state index contributed by atoms with van der Waals surface area (Å²) in [6.45, 7) is 4.94. The fourth-order valence-electron chi connectivity index (χ4n) is 2.58. The number of hydrogen-bond donors (Lipinski definition) is 0. The van der Waals surface area contributed by atoms with Gasteiger partial charge < -0.3 is 4.57 Å². The molecule has 0 fully saturated rings. The summed E-state index contributed by atoms with van der Waals surface area (Å²) in [5.41, 5.74) is 3.79. The molecule has 130 valence electrons. The summed E-state index contributed by atoms with van der Waals surface area (Å²) in [7, 11) is 0. The second kappa shape index (κ2) is 7.54. The summed E-state index contributed by atoms with van der Waals surface area (Å²) in [6, 6.07) is 9.93. The molecule has 0 aliphatic rings. The van der Waals surface area contributed by atoms with E-state index in [0.29, 0.717) is 4.80 Å². The third kappa shape index (κ3) is 3.85. The van der Waals surface area contributed by atoms with E-state index in [9.17, 15) is 9.18 Å². The number of amides is 1. The van der Waals surface area contributed by atoms with E-state index in [0.717, 1.165) is 22.5 Å². The van der Waals surface area contributed by atoms with E-state index in [1.54, 1.807) is 17.8 Å². The van der Waals surface area contributed by atoms with E-state index < -0.39 is 11.7 Å². The molecule has 3 nitrogen and oxygen atoms in total. The number of thiazole rings is 1. The van der Waals surface area contributed by atoms with Crippen molar-refractivity contribution in [3.63, 3.8) is 0 Å². The number of nitrogens with zero attached hydrogens (tertiary/aromatic N) is 2. The number of carbonyl (C=O) groups excluding carboxylic acids is 1. The first-order valence-electron chi connectivity index (χ1n) is 7.94. The highest BCUT2D eigenvalue weighted by Crippen LogP contribution is 2.22. The van der Waals surface area contributed by atoms with Gasteiger partial charge in [0.2, 0.25) is 0 Å². The van der Waals surface area contributed by atoms with E-state index >= 15 is 0 Å². The number of fused-ring (bicyclic) bond motifs is 1. The Bertz CT molecular complexity index is 1000. The third-order valence-electron chi connectivity index (χ3n) is 4.09. The van der Waals surface area contributed by atoms with Crippen LogP contribution >= 0.6 is 23.1 Å². The van der Waals surface area contributed by atoms with Crippen LogP contribution in [0.3, 0.4) is 0 Å². The summed E-state index contributed by atoms with van der Waals surface area (Å²) in [4.78, 5) is 17.4. The first-order chi connectivity index (χ1) is 12.0. The number of rotatable bonds is 4. The number of halogens is 1. The van der Waals surface area contributed by atoms with Crippen molar-refractivity contribution in [2.24, 2.45) is 4.99 Å². The number of hydrogen-bond acceptors (Lipinski definition) is 3. The normalized spacial score (nSPS) is 12.1. The fraction of sp³-hybridized carbons (Fsp3) is 0.263. The molecule has 0 bridgehead atoms. The van der Waals surface area contributed by atoms with Crippen LogP contribution in [0.15, 0.2) is 41.4 Å². The maximum atomic E-state index is 13.4. The molecular weight excluding hydrogens is 355 g/mol. The smallest absolute Gasteiger partial charge is 0.279 e. The SMILES string of the molecule is CSCCn1c(=NC(=O)c2cccc(F)c2)sc2cc(C)c(C)cc21.